The number of unbranched alkanes of at least 4 members (excludes halogenated alkanes) is 1. The Kier molecular flexibility index (Phi) is 40.3. The number of aliphatic carboxylic acids is 4. The van der Waals surface area contributed by atoms with E-state index >= 15 is 19.2 Å². The number of amides is 15. The van der Waals surface area contributed by atoms with Crippen LogP contribution in [0.5, 0.6) is 5.75 Å². The SMILES string of the molecule is CC(=O)O.C[C@@H](O)[C@@H]1NC(=O)[C@H](CCCCN)NC(=O)[C@@H](Cc2ccc(NC(N)=O)cc2)NC(=O)[C@H](Cc2ccc(NC(=O)[C@@H]3CC(=O)NC(=O)N3)cc2)NC(=O)[C@H](NC(=O)[C@H](Cc2ccc(Cl)cc2)NC(=O)CN2CCN(CC(=O)O)CCN(CC(=O)O)CCN(CC(=O)O)CC2)CSSC[C@@H](C(=O)N[C@H](Cc2ccc(O)cc2)C(N)=O)NC1=O. The van der Waals surface area contributed by atoms with Crippen LogP contribution in [0.15, 0.2) is 97.1 Å². The lowest BCUT2D eigenvalue weighted by Gasteiger charge is -2.33. The second-order valence-electron chi connectivity index (χ2n) is 28.5. The van der Waals surface area contributed by atoms with Gasteiger partial charge in [0.25, 0.3) is 5.97 Å². The summed E-state index contributed by atoms with van der Waals surface area (Å²) in [6.45, 7) is 0.770. The van der Waals surface area contributed by atoms with E-state index in [2.05, 4.69) is 58.5 Å². The molecule has 3 heterocycles. The van der Waals surface area contributed by atoms with Gasteiger partial charge in [0.05, 0.1) is 38.7 Å². The second kappa shape index (κ2) is 49.7. The number of hydrogen-bond donors (Lipinski definition) is 21. The molecule has 658 valence electrons. The van der Waals surface area contributed by atoms with Crippen LogP contribution in [0.4, 0.5) is 21.0 Å². The molecule has 3 saturated heterocycles. The Morgan fingerprint density at radius 1 is 0.521 bits per heavy atom. The minimum atomic E-state index is -1.89. The predicted molar refractivity (Wildman–Crippen MR) is 440 cm³/mol. The molecule has 0 saturated carbocycles. The molecule has 0 aromatic heterocycles. The summed E-state index contributed by atoms with van der Waals surface area (Å²) in [6, 6.07) is 6.70. The number of nitrogens with one attached hydrogen (secondary N) is 12. The van der Waals surface area contributed by atoms with Gasteiger partial charge in [-0.15, -0.1) is 0 Å². The Morgan fingerprint density at radius 2 is 0.967 bits per heavy atom. The van der Waals surface area contributed by atoms with Crippen molar-refractivity contribution in [1.82, 2.24) is 72.8 Å². The molecule has 45 heteroatoms. The van der Waals surface area contributed by atoms with Crippen molar-refractivity contribution in [2.45, 2.75) is 126 Å². The first-order chi connectivity index (χ1) is 57.4. The molecule has 0 aliphatic carbocycles. The quantitative estimate of drug-likeness (QED) is 0.0176. The first-order valence-corrected chi connectivity index (χ1v) is 41.0. The number of phenols is 1. The van der Waals surface area contributed by atoms with E-state index < -0.39 is 206 Å². The summed E-state index contributed by atoms with van der Waals surface area (Å²) in [5.74, 6) is -16.3. The third-order valence-corrected chi connectivity index (χ3v) is 21.4. The fourth-order valence-electron chi connectivity index (χ4n) is 12.5. The highest BCUT2D eigenvalue weighted by Gasteiger charge is 2.38. The largest absolute Gasteiger partial charge is 0.508 e. The fourth-order valence-corrected chi connectivity index (χ4v) is 15.0. The number of aliphatic hydroxyl groups excluding tert-OH is 1. The Morgan fingerprint density at radius 3 is 1.44 bits per heavy atom. The topological polar surface area (TPSA) is 647 Å². The number of urea groups is 2. The zero-order chi connectivity index (χ0) is 89.0. The molecule has 10 atom stereocenters. The number of nitrogens with two attached hydrogens (primary N) is 3. The number of imide groups is 1. The smallest absolute Gasteiger partial charge is 0.322 e. The third kappa shape index (κ3) is 36.0. The van der Waals surface area contributed by atoms with Crippen LogP contribution >= 0.6 is 33.2 Å². The molecule has 0 spiro atoms. The lowest BCUT2D eigenvalue weighted by Crippen LogP contribution is -2.62. The zero-order valence-electron chi connectivity index (χ0n) is 66.1. The number of primary amides is 2. The number of carbonyl (C=O) groups is 17. The number of carboxylic acids is 4. The van der Waals surface area contributed by atoms with E-state index in [9.17, 15) is 83.1 Å². The minimum absolute atomic E-state index is 0.0103. The zero-order valence-corrected chi connectivity index (χ0v) is 68.5. The molecule has 0 radical (unpaired) electrons. The van der Waals surface area contributed by atoms with Gasteiger partial charge in [0.1, 0.15) is 60.1 Å². The molecule has 4 aromatic rings. The lowest BCUT2D eigenvalue weighted by molar-refractivity contribution is -0.140. The van der Waals surface area contributed by atoms with Crippen LogP contribution in [0.3, 0.4) is 0 Å². The average molecular weight is 1750 g/mol. The number of benzene rings is 4. The van der Waals surface area contributed by atoms with Crippen molar-refractivity contribution in [3.63, 3.8) is 0 Å². The molecule has 7 rings (SSSR count). The lowest BCUT2D eigenvalue weighted by atomic mass is 10.0. The molecule has 3 aliphatic rings. The third-order valence-electron chi connectivity index (χ3n) is 18.7. The number of halogens is 1. The monoisotopic (exact) mass is 1750 g/mol. The van der Waals surface area contributed by atoms with Gasteiger partial charge in [-0.1, -0.05) is 81.7 Å². The number of phenolic OH excluding ortho intramolecular Hbond substituents is 1. The van der Waals surface area contributed by atoms with Gasteiger partial charge in [0.15, 0.2) is 0 Å². The second-order valence-corrected chi connectivity index (χ2v) is 31.5. The van der Waals surface area contributed by atoms with Crippen molar-refractivity contribution in [3.8, 4) is 5.75 Å². The highest BCUT2D eigenvalue weighted by molar-refractivity contribution is 8.76. The van der Waals surface area contributed by atoms with Crippen molar-refractivity contribution in [3.05, 3.63) is 124 Å². The summed E-state index contributed by atoms with van der Waals surface area (Å²) in [4.78, 5) is 234. The van der Waals surface area contributed by atoms with Crippen molar-refractivity contribution in [2.75, 3.05) is 107 Å². The van der Waals surface area contributed by atoms with Crippen LogP contribution in [-0.2, 0) is 97.6 Å². The van der Waals surface area contributed by atoms with E-state index in [0.29, 0.717) is 28.1 Å². The van der Waals surface area contributed by atoms with Crippen molar-refractivity contribution < 1.29 is 112 Å². The van der Waals surface area contributed by atoms with Gasteiger partial charge in [-0.2, -0.15) is 0 Å². The number of anilines is 2. The molecule has 24 N–H and O–H groups in total. The van der Waals surface area contributed by atoms with Crippen molar-refractivity contribution in [1.29, 1.82) is 0 Å². The minimum Gasteiger partial charge on any atom is -0.508 e. The predicted octanol–water partition coefficient (Wildman–Crippen LogP) is -3.82. The molecule has 0 bridgehead atoms. The maximum Gasteiger partial charge on any atom is 0.322 e. The molecular formula is C76H102ClN19O23S2. The molecule has 3 aliphatic heterocycles. The molecule has 15 amide bonds. The van der Waals surface area contributed by atoms with E-state index in [1.807, 2.05) is 5.32 Å². The van der Waals surface area contributed by atoms with Gasteiger partial charge >= 0.3 is 30.0 Å². The number of nitrogens with zero attached hydrogens (tertiary/aromatic N) is 4. The van der Waals surface area contributed by atoms with E-state index in [1.165, 1.54) is 94.7 Å². The summed E-state index contributed by atoms with van der Waals surface area (Å²) in [5.41, 5.74) is 18.9. The Bertz CT molecular complexity index is 4240. The van der Waals surface area contributed by atoms with E-state index in [-0.39, 0.29) is 120 Å². The van der Waals surface area contributed by atoms with Gasteiger partial charge in [-0.05, 0) is 104 Å². The maximum absolute atomic E-state index is 15.7. The highest BCUT2D eigenvalue weighted by Crippen LogP contribution is 2.25. The van der Waals surface area contributed by atoms with E-state index in [4.69, 9.17) is 38.7 Å². The normalized spacial score (nSPS) is 20.7. The number of carbonyl (C=O) groups excluding carboxylic acids is 13. The Balaban J connectivity index is 0.00000554. The van der Waals surface area contributed by atoms with Crippen molar-refractivity contribution >= 4 is 145 Å². The molecule has 0 unspecified atom stereocenters. The van der Waals surface area contributed by atoms with Gasteiger partial charge in [-0.3, -0.25) is 96.8 Å². The first kappa shape index (κ1) is 98.0. The number of rotatable bonds is 30. The van der Waals surface area contributed by atoms with Crippen LogP contribution in [0.1, 0.15) is 61.8 Å². The summed E-state index contributed by atoms with van der Waals surface area (Å²) in [5, 5.41) is 89.0. The van der Waals surface area contributed by atoms with Gasteiger partial charge in [0.2, 0.25) is 65.0 Å². The summed E-state index contributed by atoms with van der Waals surface area (Å²) >= 11 is 6.32. The molecule has 42 nitrogen and oxygen atoms in total. The summed E-state index contributed by atoms with van der Waals surface area (Å²) in [7, 11) is 1.63. The fraction of sp³-hybridized carbons (Fsp3) is 0.461. The highest BCUT2D eigenvalue weighted by atomic mass is 35.5. The van der Waals surface area contributed by atoms with Crippen LogP contribution in [0, 0.1) is 0 Å². The Labute approximate surface area is 707 Å². The van der Waals surface area contributed by atoms with Crippen LogP contribution in [0.2, 0.25) is 5.02 Å². The first-order valence-electron chi connectivity index (χ1n) is 38.1. The standard InChI is InChI=1S/C74H98ClN19O21S2.C2H4O2/c1-41(95)63-72(113)87-57(70(111)83-51(64(77)105)30-45-11-19-49(96)20-12-45)40-117-116-39-56(86-67(108)52(31-42-5-13-46(75)14-6-42)81-59(98)35-91-22-24-92(36-60(99)100)26-28-94(38-62(103)104)29-27-93(25-23-91)37-61(101)102)71(112)85-54(33-43-7-15-47(16-8-43)79-66(107)55-34-58(97)89-74(115)88-55)69(110)84-53(32-44-9-17-48(18-10-44)80-73(78)114)68(109)82-50(65(106)90-63)4-2-3-21-76;1-2(3)4/h5-20,41,50-57,63,95-96H,2-4,21-40,76H2,1H3,(H2,77,105)(H,79,107)(H,81,98)(H,82,109)(H,83,111)(H,84,110)(H,85,112)(H,86,108)(H,87,113)(H,90,106)(H,99,100)(H,101,102)(H,103,104)(H3,78,80,114)(H2,88,89,97,115);1H3,(H,3,4)/t41-,50+,51-,52+,53-,54+,55+,56-,57+,63+;/m1./s1. The summed E-state index contributed by atoms with van der Waals surface area (Å²) < 4.78 is 0. The summed E-state index contributed by atoms with van der Waals surface area (Å²) in [6.07, 6.45) is -3.17. The average Bonchev–Trinajstić information content (AvgIpc) is 0.826. The van der Waals surface area contributed by atoms with E-state index in [1.54, 1.807) is 21.9 Å². The molecule has 121 heavy (non-hydrogen) atoms. The van der Waals surface area contributed by atoms with Crippen LogP contribution < -0.4 is 81.0 Å². The number of aliphatic hydroxyl groups is 1. The van der Waals surface area contributed by atoms with Crippen LogP contribution in [0.25, 0.3) is 0 Å². The van der Waals surface area contributed by atoms with Crippen molar-refractivity contribution in [2.24, 2.45) is 17.2 Å². The van der Waals surface area contributed by atoms with Gasteiger partial charge in [-0.25, -0.2) is 9.59 Å². The number of carboxylic acid groups (broad SMARTS) is 4. The van der Waals surface area contributed by atoms with Gasteiger partial charge < -0.3 is 106 Å². The molecule has 3 fully saturated rings. The molecular weight excluding hydrogens is 1650 g/mol. The number of aromatic hydroxyl groups is 1. The van der Waals surface area contributed by atoms with Crippen LogP contribution in [-0.4, -0.2) is 308 Å². The van der Waals surface area contributed by atoms with Gasteiger partial charge in [0, 0.05) is 113 Å². The maximum atomic E-state index is 15.7. The number of hydrogen-bond acceptors (Lipinski definition) is 26. The molecule has 4 aromatic carbocycles. The Hall–Kier alpha value is -11.8. The van der Waals surface area contributed by atoms with E-state index in [0.717, 1.165) is 35.4 Å².